The number of hydrogen-bond donors (Lipinski definition) is 2. The smallest absolute Gasteiger partial charge is 0.124 e. The summed E-state index contributed by atoms with van der Waals surface area (Å²) >= 11 is 1.47. The zero-order valence-electron chi connectivity index (χ0n) is 11.0. The Kier molecular flexibility index (Phi) is 3.12. The molecule has 0 spiro atoms. The monoisotopic (exact) mass is 282 g/mol. The maximum absolute atomic E-state index is 7.53. The third-order valence-electron chi connectivity index (χ3n) is 3.21. The van der Waals surface area contributed by atoms with Crippen LogP contribution in [0.5, 0.6) is 0 Å². The molecule has 0 unspecified atom stereocenters. The van der Waals surface area contributed by atoms with Crippen molar-refractivity contribution in [2.45, 2.75) is 0 Å². The lowest BCUT2D eigenvalue weighted by Crippen LogP contribution is -2.13. The Morgan fingerprint density at radius 1 is 1.20 bits per heavy atom. The molecule has 0 bridgehead atoms. The highest BCUT2D eigenvalue weighted by Crippen LogP contribution is 2.34. The zero-order valence-corrected chi connectivity index (χ0v) is 11.8. The third kappa shape index (κ3) is 2.12. The van der Waals surface area contributed by atoms with Crippen molar-refractivity contribution in [2.24, 2.45) is 5.73 Å². The van der Waals surface area contributed by atoms with Gasteiger partial charge >= 0.3 is 0 Å². The highest BCUT2D eigenvalue weighted by Gasteiger charge is 2.12. The fraction of sp³-hybridized carbons (Fsp3) is 0.0667. The van der Waals surface area contributed by atoms with Gasteiger partial charge < -0.3 is 10.6 Å². The number of nitrogens with two attached hydrogens (primary N) is 1. The largest absolute Gasteiger partial charge is 0.384 e. The summed E-state index contributed by atoms with van der Waals surface area (Å²) in [6, 6.07) is 15.7. The molecule has 3 N–H and O–H groups in total. The summed E-state index contributed by atoms with van der Waals surface area (Å²) in [6.45, 7) is 0. The topological polar surface area (TPSA) is 66.0 Å². The third-order valence-corrected chi connectivity index (χ3v) is 4.17. The second-order valence-electron chi connectivity index (χ2n) is 4.53. The van der Waals surface area contributed by atoms with E-state index in [-0.39, 0.29) is 5.84 Å². The zero-order chi connectivity index (χ0) is 14.1. The van der Waals surface area contributed by atoms with Gasteiger partial charge in [-0.2, -0.15) is 4.37 Å². The minimum absolute atomic E-state index is 0.0782. The van der Waals surface area contributed by atoms with Crippen LogP contribution >= 0.6 is 11.5 Å². The number of nitrogens with zero attached hydrogens (tertiary/aromatic N) is 2. The molecular weight excluding hydrogens is 268 g/mol. The standard InChI is InChI=1S/C15H14N4S/c1-19(11-6-4-5-10(9-11)14(16)17)15-12-7-2-3-8-13(12)18-20-15/h2-9H,1H3,(H3,16,17). The van der Waals surface area contributed by atoms with Crippen LogP contribution in [0.25, 0.3) is 10.9 Å². The predicted octanol–water partition coefficient (Wildman–Crippen LogP) is 3.35. The molecule has 20 heavy (non-hydrogen) atoms. The van der Waals surface area contributed by atoms with Crippen molar-refractivity contribution in [1.29, 1.82) is 5.41 Å². The number of amidine groups is 1. The second kappa shape index (κ2) is 4.94. The van der Waals surface area contributed by atoms with Gasteiger partial charge in [-0.25, -0.2) is 0 Å². The average Bonchev–Trinajstić information content (AvgIpc) is 2.90. The van der Waals surface area contributed by atoms with Gasteiger partial charge in [0.1, 0.15) is 10.8 Å². The van der Waals surface area contributed by atoms with Crippen molar-refractivity contribution in [1.82, 2.24) is 4.37 Å². The highest BCUT2D eigenvalue weighted by molar-refractivity contribution is 7.12. The van der Waals surface area contributed by atoms with E-state index in [0.717, 1.165) is 27.2 Å². The SMILES string of the molecule is CN(c1cccc(C(=N)N)c1)c1snc2ccccc12. The maximum atomic E-state index is 7.53. The van der Waals surface area contributed by atoms with Crippen LogP contribution in [-0.2, 0) is 0 Å². The molecule has 1 heterocycles. The molecule has 2 aromatic carbocycles. The Bertz CT molecular complexity index is 778. The molecule has 0 aliphatic heterocycles. The number of aromatic nitrogens is 1. The molecule has 0 atom stereocenters. The molecule has 4 nitrogen and oxygen atoms in total. The number of fused-ring (bicyclic) bond motifs is 1. The Morgan fingerprint density at radius 3 is 2.80 bits per heavy atom. The molecule has 1 aromatic heterocycles. The van der Waals surface area contributed by atoms with Crippen molar-refractivity contribution in [3.05, 3.63) is 54.1 Å². The first kappa shape index (κ1) is 12.6. The molecule has 0 aliphatic rings. The molecule has 3 aromatic rings. The summed E-state index contributed by atoms with van der Waals surface area (Å²) in [5.74, 6) is 0.0782. The summed E-state index contributed by atoms with van der Waals surface area (Å²) < 4.78 is 4.46. The van der Waals surface area contributed by atoms with Gasteiger partial charge in [-0.1, -0.05) is 24.3 Å². The van der Waals surface area contributed by atoms with Gasteiger partial charge in [0.2, 0.25) is 0 Å². The van der Waals surface area contributed by atoms with Crippen molar-refractivity contribution in [3.8, 4) is 0 Å². The van der Waals surface area contributed by atoms with Crippen molar-refractivity contribution in [2.75, 3.05) is 11.9 Å². The summed E-state index contributed by atoms with van der Waals surface area (Å²) in [5, 5.41) is 9.75. The summed E-state index contributed by atoms with van der Waals surface area (Å²) in [4.78, 5) is 2.08. The molecule has 3 rings (SSSR count). The Hall–Kier alpha value is -2.40. The van der Waals surface area contributed by atoms with Crippen molar-refractivity contribution >= 4 is 39.0 Å². The van der Waals surface area contributed by atoms with E-state index >= 15 is 0 Å². The molecule has 0 radical (unpaired) electrons. The van der Waals surface area contributed by atoms with Crippen LogP contribution in [0.2, 0.25) is 0 Å². The quantitative estimate of drug-likeness (QED) is 0.572. The Labute approximate surface area is 121 Å². The Balaban J connectivity index is 2.06. The fourth-order valence-corrected chi connectivity index (χ4v) is 2.96. The van der Waals surface area contributed by atoms with Crippen LogP contribution < -0.4 is 10.6 Å². The van der Waals surface area contributed by atoms with E-state index in [1.54, 1.807) is 0 Å². The number of nitrogen functional groups attached to an aromatic ring is 1. The lowest BCUT2D eigenvalue weighted by Gasteiger charge is -2.18. The summed E-state index contributed by atoms with van der Waals surface area (Å²) in [6.07, 6.45) is 0. The van der Waals surface area contributed by atoms with Gasteiger partial charge in [0.05, 0.1) is 5.52 Å². The van der Waals surface area contributed by atoms with E-state index in [2.05, 4.69) is 15.3 Å². The van der Waals surface area contributed by atoms with E-state index in [1.165, 1.54) is 11.5 Å². The van der Waals surface area contributed by atoms with Crippen LogP contribution in [0.4, 0.5) is 10.7 Å². The molecule has 0 aliphatic carbocycles. The molecule has 0 saturated heterocycles. The fourth-order valence-electron chi connectivity index (χ4n) is 2.12. The lowest BCUT2D eigenvalue weighted by atomic mass is 10.1. The van der Waals surface area contributed by atoms with Crippen molar-refractivity contribution < 1.29 is 0 Å². The molecule has 0 amide bonds. The van der Waals surface area contributed by atoms with E-state index in [0.29, 0.717) is 0 Å². The van der Waals surface area contributed by atoms with Gasteiger partial charge in [0, 0.05) is 23.7 Å². The Morgan fingerprint density at radius 2 is 2.00 bits per heavy atom. The van der Waals surface area contributed by atoms with Crippen LogP contribution in [0.15, 0.2) is 48.5 Å². The molecule has 100 valence electrons. The number of nitrogens with one attached hydrogen (secondary N) is 1. The average molecular weight is 282 g/mol. The van der Waals surface area contributed by atoms with E-state index in [1.807, 2.05) is 49.5 Å². The first-order valence-electron chi connectivity index (χ1n) is 6.19. The molecule has 0 saturated carbocycles. The maximum Gasteiger partial charge on any atom is 0.124 e. The number of anilines is 2. The van der Waals surface area contributed by atoms with Gasteiger partial charge in [0.25, 0.3) is 0 Å². The minimum atomic E-state index is 0.0782. The number of hydrogen-bond acceptors (Lipinski definition) is 4. The lowest BCUT2D eigenvalue weighted by molar-refractivity contribution is 1.24. The van der Waals surface area contributed by atoms with Gasteiger partial charge in [-0.05, 0) is 35.8 Å². The van der Waals surface area contributed by atoms with Gasteiger partial charge in [-0.3, -0.25) is 5.41 Å². The van der Waals surface area contributed by atoms with Crippen LogP contribution in [0.3, 0.4) is 0 Å². The van der Waals surface area contributed by atoms with Gasteiger partial charge in [0.15, 0.2) is 0 Å². The van der Waals surface area contributed by atoms with Crippen LogP contribution in [0, 0.1) is 5.41 Å². The normalized spacial score (nSPS) is 10.7. The second-order valence-corrected chi connectivity index (χ2v) is 5.28. The molecule has 5 heteroatoms. The number of benzene rings is 2. The summed E-state index contributed by atoms with van der Waals surface area (Å²) in [7, 11) is 2.00. The minimum Gasteiger partial charge on any atom is -0.384 e. The molecular formula is C15H14N4S. The first-order valence-corrected chi connectivity index (χ1v) is 6.97. The van der Waals surface area contributed by atoms with E-state index in [4.69, 9.17) is 11.1 Å². The summed E-state index contributed by atoms with van der Waals surface area (Å²) in [5.41, 5.74) is 8.27. The van der Waals surface area contributed by atoms with Crippen LogP contribution in [-0.4, -0.2) is 17.3 Å². The first-order chi connectivity index (χ1) is 9.66. The predicted molar refractivity (Wildman–Crippen MR) is 85.1 cm³/mol. The highest BCUT2D eigenvalue weighted by atomic mass is 32.1. The van der Waals surface area contributed by atoms with E-state index < -0.39 is 0 Å². The molecule has 0 fully saturated rings. The van der Waals surface area contributed by atoms with Crippen LogP contribution in [0.1, 0.15) is 5.56 Å². The van der Waals surface area contributed by atoms with E-state index in [9.17, 15) is 0 Å². The van der Waals surface area contributed by atoms with Gasteiger partial charge in [-0.15, -0.1) is 0 Å². The number of rotatable bonds is 3. The van der Waals surface area contributed by atoms with Crippen molar-refractivity contribution in [3.63, 3.8) is 0 Å².